The molecule has 1 saturated heterocycles. The molecular formula is C23H25N4O+. The largest absolute Gasteiger partial charge is 0.369 e. The van der Waals surface area contributed by atoms with Gasteiger partial charge in [-0.25, -0.2) is 4.98 Å². The van der Waals surface area contributed by atoms with Gasteiger partial charge in [0.05, 0.1) is 11.1 Å². The summed E-state index contributed by atoms with van der Waals surface area (Å²) in [5.41, 5.74) is 4.97. The lowest BCUT2D eigenvalue weighted by Crippen LogP contribution is -2.48. The van der Waals surface area contributed by atoms with Crippen molar-refractivity contribution in [1.29, 1.82) is 0 Å². The molecule has 5 heteroatoms. The van der Waals surface area contributed by atoms with Crippen LogP contribution in [0.2, 0.25) is 0 Å². The highest BCUT2D eigenvalue weighted by atomic mass is 16.2. The van der Waals surface area contributed by atoms with Gasteiger partial charge in [0.1, 0.15) is 5.56 Å². The smallest absolute Gasteiger partial charge is 0.271 e. The number of aromatic amines is 1. The Morgan fingerprint density at radius 1 is 0.929 bits per heavy atom. The summed E-state index contributed by atoms with van der Waals surface area (Å²) < 4.78 is 0. The number of pyridine rings is 1. The van der Waals surface area contributed by atoms with Gasteiger partial charge in [0, 0.05) is 49.7 Å². The van der Waals surface area contributed by atoms with Crippen molar-refractivity contribution in [2.75, 3.05) is 36.0 Å². The van der Waals surface area contributed by atoms with E-state index < -0.39 is 0 Å². The number of piperazine rings is 1. The maximum Gasteiger partial charge on any atom is 0.271 e. The summed E-state index contributed by atoms with van der Waals surface area (Å²) in [5, 5.41) is 1.10. The second kappa shape index (κ2) is 6.60. The van der Waals surface area contributed by atoms with E-state index >= 15 is 0 Å². The van der Waals surface area contributed by atoms with Crippen LogP contribution in [0.15, 0.2) is 54.7 Å². The zero-order valence-electron chi connectivity index (χ0n) is 16.4. The summed E-state index contributed by atoms with van der Waals surface area (Å²) in [6.07, 6.45) is 1.83. The predicted molar refractivity (Wildman–Crippen MR) is 112 cm³/mol. The third-order valence-corrected chi connectivity index (χ3v) is 5.97. The number of rotatable bonds is 3. The number of amides is 1. The highest BCUT2D eigenvalue weighted by Crippen LogP contribution is 2.43. The van der Waals surface area contributed by atoms with E-state index in [4.69, 9.17) is 0 Å². The first-order chi connectivity index (χ1) is 13.6. The van der Waals surface area contributed by atoms with Crippen LogP contribution in [0, 0.1) is 0 Å². The lowest BCUT2D eigenvalue weighted by atomic mass is 9.98. The maximum atomic E-state index is 12.7. The Bertz CT molecular complexity index is 1040. The summed E-state index contributed by atoms with van der Waals surface area (Å²) in [7, 11) is 0. The number of hydrogen-bond acceptors (Lipinski definition) is 3. The molecule has 1 fully saturated rings. The number of fused-ring (bicyclic) bond motifs is 3. The molecule has 0 atom stereocenters. The topological polar surface area (TPSA) is 40.9 Å². The molecule has 1 N–H and O–H groups in total. The average molecular weight is 373 g/mol. The summed E-state index contributed by atoms with van der Waals surface area (Å²) in [4.78, 5) is 22.8. The van der Waals surface area contributed by atoms with Crippen molar-refractivity contribution >= 4 is 33.9 Å². The Morgan fingerprint density at radius 3 is 2.39 bits per heavy atom. The molecule has 2 aliphatic rings. The zero-order valence-corrected chi connectivity index (χ0v) is 16.4. The Hall–Kier alpha value is -2.92. The van der Waals surface area contributed by atoms with Crippen molar-refractivity contribution in [2.24, 2.45) is 0 Å². The SMILES string of the molecule is CC(C)N1CCN(c2ccc3[nH+]cc4c(c3c2)N(c2ccccc2)C4=O)CC1. The molecule has 1 amide bonds. The fourth-order valence-electron chi connectivity index (χ4n) is 4.31. The molecule has 3 aromatic rings. The van der Waals surface area contributed by atoms with E-state index in [0.29, 0.717) is 6.04 Å². The quantitative estimate of drug-likeness (QED) is 0.706. The Labute approximate surface area is 165 Å². The molecule has 0 aliphatic carbocycles. The van der Waals surface area contributed by atoms with E-state index in [9.17, 15) is 4.79 Å². The molecule has 142 valence electrons. The molecule has 2 aromatic carbocycles. The minimum Gasteiger partial charge on any atom is -0.369 e. The first-order valence-corrected chi connectivity index (χ1v) is 10.0. The van der Waals surface area contributed by atoms with E-state index in [1.165, 1.54) is 5.69 Å². The zero-order chi connectivity index (χ0) is 19.3. The first kappa shape index (κ1) is 17.2. The number of H-pyrrole nitrogens is 1. The van der Waals surface area contributed by atoms with Crippen molar-refractivity contribution < 1.29 is 9.78 Å². The predicted octanol–water partition coefficient (Wildman–Crippen LogP) is 3.48. The lowest BCUT2D eigenvalue weighted by molar-refractivity contribution is -0.344. The molecule has 0 spiro atoms. The van der Waals surface area contributed by atoms with E-state index in [1.807, 2.05) is 41.4 Å². The second-order valence-corrected chi connectivity index (χ2v) is 7.87. The summed E-state index contributed by atoms with van der Waals surface area (Å²) in [6, 6.07) is 17.0. The Kier molecular flexibility index (Phi) is 4.05. The molecule has 3 heterocycles. The lowest BCUT2D eigenvalue weighted by Gasteiger charge is -2.38. The van der Waals surface area contributed by atoms with Crippen LogP contribution in [0.1, 0.15) is 24.2 Å². The van der Waals surface area contributed by atoms with Crippen LogP contribution in [0.25, 0.3) is 10.9 Å². The van der Waals surface area contributed by atoms with Crippen LogP contribution in [0.5, 0.6) is 0 Å². The molecule has 5 rings (SSSR count). The maximum absolute atomic E-state index is 12.7. The van der Waals surface area contributed by atoms with E-state index in [1.54, 1.807) is 0 Å². The highest BCUT2D eigenvalue weighted by Gasteiger charge is 2.38. The van der Waals surface area contributed by atoms with Crippen molar-refractivity contribution in [3.63, 3.8) is 0 Å². The fraction of sp³-hybridized carbons (Fsp3) is 0.304. The minimum atomic E-state index is 0.0512. The summed E-state index contributed by atoms with van der Waals surface area (Å²) in [6.45, 7) is 8.76. The van der Waals surface area contributed by atoms with Gasteiger partial charge in [-0.2, -0.15) is 0 Å². The monoisotopic (exact) mass is 373 g/mol. The third-order valence-electron chi connectivity index (χ3n) is 5.97. The van der Waals surface area contributed by atoms with Crippen molar-refractivity contribution in [1.82, 2.24) is 4.90 Å². The molecular weight excluding hydrogens is 348 g/mol. The number of anilines is 3. The van der Waals surface area contributed by atoms with Gasteiger partial charge >= 0.3 is 0 Å². The van der Waals surface area contributed by atoms with Gasteiger partial charge in [-0.05, 0) is 38.1 Å². The van der Waals surface area contributed by atoms with Gasteiger partial charge in [-0.1, -0.05) is 18.2 Å². The van der Waals surface area contributed by atoms with Gasteiger partial charge < -0.3 is 4.90 Å². The summed E-state index contributed by atoms with van der Waals surface area (Å²) >= 11 is 0. The number of nitrogens with one attached hydrogen (secondary N) is 1. The number of nitrogens with zero attached hydrogens (tertiary/aromatic N) is 3. The first-order valence-electron chi connectivity index (χ1n) is 10.0. The van der Waals surface area contributed by atoms with E-state index in [2.05, 4.69) is 46.8 Å². The van der Waals surface area contributed by atoms with Crippen molar-refractivity contribution in [2.45, 2.75) is 19.9 Å². The number of para-hydroxylation sites is 1. The molecule has 0 unspecified atom stereocenters. The van der Waals surface area contributed by atoms with Gasteiger partial charge in [-0.3, -0.25) is 14.6 Å². The van der Waals surface area contributed by atoms with E-state index in [-0.39, 0.29) is 5.91 Å². The number of carbonyl (C=O) groups is 1. The number of carbonyl (C=O) groups excluding carboxylic acids is 1. The van der Waals surface area contributed by atoms with Crippen molar-refractivity contribution in [3.05, 3.63) is 60.3 Å². The molecule has 28 heavy (non-hydrogen) atoms. The normalized spacial score (nSPS) is 17.2. The van der Waals surface area contributed by atoms with Crippen molar-refractivity contribution in [3.8, 4) is 0 Å². The van der Waals surface area contributed by atoms with Crippen LogP contribution >= 0.6 is 0 Å². The molecule has 0 saturated carbocycles. The molecule has 5 nitrogen and oxygen atoms in total. The molecule has 0 radical (unpaired) electrons. The number of hydrogen-bond donors (Lipinski definition) is 0. The number of benzene rings is 2. The highest BCUT2D eigenvalue weighted by molar-refractivity contribution is 6.28. The third kappa shape index (κ3) is 2.66. The molecule has 2 aliphatic heterocycles. The Morgan fingerprint density at radius 2 is 1.68 bits per heavy atom. The molecule has 0 bridgehead atoms. The van der Waals surface area contributed by atoms with Gasteiger partial charge in [-0.15, -0.1) is 0 Å². The van der Waals surface area contributed by atoms with Crippen LogP contribution in [0.4, 0.5) is 17.1 Å². The molecule has 1 aromatic heterocycles. The minimum absolute atomic E-state index is 0.0512. The van der Waals surface area contributed by atoms with E-state index in [0.717, 1.165) is 54.0 Å². The summed E-state index contributed by atoms with van der Waals surface area (Å²) in [5.74, 6) is 0.0512. The van der Waals surface area contributed by atoms with Gasteiger partial charge in [0.25, 0.3) is 5.91 Å². The second-order valence-electron chi connectivity index (χ2n) is 7.87. The number of aromatic nitrogens is 1. The van der Waals surface area contributed by atoms with Crippen LogP contribution in [-0.2, 0) is 0 Å². The van der Waals surface area contributed by atoms with Crippen LogP contribution in [0.3, 0.4) is 0 Å². The average Bonchev–Trinajstić information content (AvgIpc) is 2.73. The van der Waals surface area contributed by atoms with Crippen LogP contribution < -0.4 is 14.8 Å². The fourth-order valence-corrected chi connectivity index (χ4v) is 4.31. The van der Waals surface area contributed by atoms with Crippen LogP contribution in [-0.4, -0.2) is 43.0 Å². The standard InChI is InChI=1S/C23H24N4O/c1-16(2)25-10-12-26(13-11-25)18-8-9-21-19(14-18)22-20(15-24-21)23(28)27(22)17-6-4-3-5-7-17/h3-9,14-16H,10-13H2,1-2H3/p+1. The Balaban J connectivity index is 1.52. The van der Waals surface area contributed by atoms with Gasteiger partial charge in [0.2, 0.25) is 5.52 Å². The van der Waals surface area contributed by atoms with Gasteiger partial charge in [0.15, 0.2) is 6.20 Å².